The minimum Gasteiger partial charge on any atom is -0.494 e. The third-order valence-electron chi connectivity index (χ3n) is 2.45. The molecule has 1 atom stereocenters. The van der Waals surface area contributed by atoms with Gasteiger partial charge in [0.05, 0.1) is 19.1 Å². The minimum absolute atomic E-state index is 0.166. The predicted molar refractivity (Wildman–Crippen MR) is 71.9 cm³/mol. The molecule has 0 bridgehead atoms. The summed E-state index contributed by atoms with van der Waals surface area (Å²) in [6, 6.07) is 7.69. The zero-order valence-electron chi connectivity index (χ0n) is 11.2. The summed E-state index contributed by atoms with van der Waals surface area (Å²) in [5, 5.41) is 3.20. The summed E-state index contributed by atoms with van der Waals surface area (Å²) in [5.41, 5.74) is 0.942. The first-order valence-corrected chi connectivity index (χ1v) is 6.30. The molecule has 0 fully saturated rings. The van der Waals surface area contributed by atoms with Crippen LogP contribution in [-0.2, 0) is 9.53 Å². The molecule has 0 radical (unpaired) electrons. The lowest BCUT2D eigenvalue weighted by atomic mass is 10.2. The quantitative estimate of drug-likeness (QED) is 0.757. The molecular formula is C14H21NO3. The summed E-state index contributed by atoms with van der Waals surface area (Å²) in [5.74, 6) is 0.484. The summed E-state index contributed by atoms with van der Waals surface area (Å²) < 4.78 is 10.4. The Labute approximate surface area is 108 Å². The van der Waals surface area contributed by atoms with E-state index in [1.165, 1.54) is 0 Å². The van der Waals surface area contributed by atoms with Gasteiger partial charge in [0.25, 0.3) is 0 Å². The average molecular weight is 251 g/mol. The third-order valence-corrected chi connectivity index (χ3v) is 2.45. The minimum atomic E-state index is -0.175. The first-order valence-electron chi connectivity index (χ1n) is 6.30. The van der Waals surface area contributed by atoms with Crippen LogP contribution >= 0.6 is 0 Å². The van der Waals surface area contributed by atoms with Crippen LogP contribution in [0.1, 0.15) is 20.8 Å². The van der Waals surface area contributed by atoms with E-state index in [4.69, 9.17) is 9.47 Å². The van der Waals surface area contributed by atoms with Gasteiger partial charge in [0.1, 0.15) is 5.75 Å². The highest BCUT2D eigenvalue weighted by molar-refractivity contribution is 5.72. The summed E-state index contributed by atoms with van der Waals surface area (Å²) in [7, 11) is 0. The van der Waals surface area contributed by atoms with E-state index >= 15 is 0 Å². The summed E-state index contributed by atoms with van der Waals surface area (Å²) in [6.07, 6.45) is 0. The lowest BCUT2D eigenvalue weighted by Crippen LogP contribution is -2.22. The van der Waals surface area contributed by atoms with Crippen LogP contribution in [0.3, 0.4) is 0 Å². The molecule has 1 aromatic rings. The highest BCUT2D eigenvalue weighted by Gasteiger charge is 2.13. The number of carbonyl (C=O) groups is 1. The van der Waals surface area contributed by atoms with Gasteiger partial charge in [-0.2, -0.15) is 0 Å². The van der Waals surface area contributed by atoms with Crippen LogP contribution in [-0.4, -0.2) is 25.7 Å². The van der Waals surface area contributed by atoms with Crippen molar-refractivity contribution in [2.45, 2.75) is 20.8 Å². The van der Waals surface area contributed by atoms with Crippen LogP contribution in [0, 0.1) is 5.92 Å². The van der Waals surface area contributed by atoms with Crippen LogP contribution in [0.5, 0.6) is 5.75 Å². The first-order chi connectivity index (χ1) is 8.67. The highest BCUT2D eigenvalue weighted by Crippen LogP contribution is 2.17. The van der Waals surface area contributed by atoms with E-state index in [0.717, 1.165) is 11.4 Å². The maximum absolute atomic E-state index is 11.4. The molecule has 0 heterocycles. The molecule has 0 aliphatic heterocycles. The molecule has 0 spiro atoms. The van der Waals surface area contributed by atoms with Crippen molar-refractivity contribution in [3.63, 3.8) is 0 Å². The Kier molecular flexibility index (Phi) is 6.05. The number of nitrogens with one attached hydrogen (secondary N) is 1. The van der Waals surface area contributed by atoms with Crippen molar-refractivity contribution in [1.29, 1.82) is 0 Å². The number of esters is 1. The zero-order valence-corrected chi connectivity index (χ0v) is 11.2. The van der Waals surface area contributed by atoms with Gasteiger partial charge in [-0.25, -0.2) is 0 Å². The molecule has 1 aromatic carbocycles. The maximum Gasteiger partial charge on any atom is 0.310 e. The molecule has 1 unspecified atom stereocenters. The van der Waals surface area contributed by atoms with Gasteiger partial charge in [0.15, 0.2) is 0 Å². The highest BCUT2D eigenvalue weighted by atomic mass is 16.5. The van der Waals surface area contributed by atoms with Gasteiger partial charge >= 0.3 is 5.97 Å². The Morgan fingerprint density at radius 3 is 2.78 bits per heavy atom. The fraction of sp³-hybridized carbons (Fsp3) is 0.500. The van der Waals surface area contributed by atoms with Crippen molar-refractivity contribution >= 4 is 11.7 Å². The Morgan fingerprint density at radius 2 is 2.11 bits per heavy atom. The molecule has 1 rings (SSSR count). The average Bonchev–Trinajstić information content (AvgIpc) is 2.37. The Morgan fingerprint density at radius 1 is 1.33 bits per heavy atom. The van der Waals surface area contributed by atoms with Crippen molar-refractivity contribution in [3.8, 4) is 5.75 Å². The van der Waals surface area contributed by atoms with Crippen LogP contribution in [0.4, 0.5) is 5.69 Å². The van der Waals surface area contributed by atoms with E-state index < -0.39 is 0 Å². The van der Waals surface area contributed by atoms with Gasteiger partial charge in [-0.05, 0) is 26.0 Å². The van der Waals surface area contributed by atoms with Crippen LogP contribution < -0.4 is 10.1 Å². The second kappa shape index (κ2) is 7.58. The number of ether oxygens (including phenoxy) is 2. The van der Waals surface area contributed by atoms with E-state index in [1.54, 1.807) is 0 Å². The van der Waals surface area contributed by atoms with Crippen LogP contribution in [0.25, 0.3) is 0 Å². The molecule has 0 aliphatic carbocycles. The van der Waals surface area contributed by atoms with E-state index in [1.807, 2.05) is 45.0 Å². The van der Waals surface area contributed by atoms with E-state index in [9.17, 15) is 4.79 Å². The molecule has 100 valence electrons. The first kappa shape index (κ1) is 14.4. The van der Waals surface area contributed by atoms with E-state index in [0.29, 0.717) is 19.8 Å². The summed E-state index contributed by atoms with van der Waals surface area (Å²) >= 11 is 0. The number of benzene rings is 1. The van der Waals surface area contributed by atoms with Crippen LogP contribution in [0.15, 0.2) is 24.3 Å². The Hall–Kier alpha value is -1.71. The molecular weight excluding hydrogens is 230 g/mol. The Bertz CT molecular complexity index is 379. The predicted octanol–water partition coefficient (Wildman–Crippen LogP) is 2.70. The van der Waals surface area contributed by atoms with E-state index in [-0.39, 0.29) is 11.9 Å². The zero-order chi connectivity index (χ0) is 13.4. The van der Waals surface area contributed by atoms with Crippen molar-refractivity contribution in [1.82, 2.24) is 0 Å². The lowest BCUT2D eigenvalue weighted by Gasteiger charge is -2.13. The molecule has 0 aliphatic rings. The smallest absolute Gasteiger partial charge is 0.310 e. The standard InChI is InChI=1S/C14H21NO3/c1-4-17-13-8-6-7-12(9-13)15-10-11(3)14(16)18-5-2/h6-9,11,15H,4-5,10H2,1-3H3. The second-order valence-corrected chi connectivity index (χ2v) is 3.99. The fourth-order valence-electron chi connectivity index (χ4n) is 1.50. The number of carbonyl (C=O) groups excluding carboxylic acids is 1. The van der Waals surface area contributed by atoms with Gasteiger partial charge in [-0.15, -0.1) is 0 Å². The monoisotopic (exact) mass is 251 g/mol. The van der Waals surface area contributed by atoms with E-state index in [2.05, 4.69) is 5.32 Å². The van der Waals surface area contributed by atoms with Crippen molar-refractivity contribution in [2.24, 2.45) is 5.92 Å². The molecule has 18 heavy (non-hydrogen) atoms. The van der Waals surface area contributed by atoms with Crippen LogP contribution in [0.2, 0.25) is 0 Å². The second-order valence-electron chi connectivity index (χ2n) is 3.99. The number of anilines is 1. The molecule has 4 heteroatoms. The molecule has 4 nitrogen and oxygen atoms in total. The molecule has 0 saturated carbocycles. The summed E-state index contributed by atoms with van der Waals surface area (Å²) in [6.45, 7) is 7.21. The summed E-state index contributed by atoms with van der Waals surface area (Å²) in [4.78, 5) is 11.4. The molecule has 1 N–H and O–H groups in total. The molecule has 0 saturated heterocycles. The van der Waals surface area contributed by atoms with Gasteiger partial charge in [-0.3, -0.25) is 4.79 Å². The van der Waals surface area contributed by atoms with Crippen molar-refractivity contribution in [3.05, 3.63) is 24.3 Å². The van der Waals surface area contributed by atoms with Gasteiger partial charge in [-0.1, -0.05) is 13.0 Å². The van der Waals surface area contributed by atoms with Gasteiger partial charge < -0.3 is 14.8 Å². The van der Waals surface area contributed by atoms with Crippen molar-refractivity contribution < 1.29 is 14.3 Å². The largest absolute Gasteiger partial charge is 0.494 e. The molecule has 0 aromatic heterocycles. The lowest BCUT2D eigenvalue weighted by molar-refractivity contribution is -0.146. The van der Waals surface area contributed by atoms with Gasteiger partial charge in [0.2, 0.25) is 0 Å². The Balaban J connectivity index is 2.47. The third kappa shape index (κ3) is 4.65. The van der Waals surface area contributed by atoms with Crippen molar-refractivity contribution in [2.75, 3.05) is 25.1 Å². The SMILES string of the molecule is CCOC(=O)C(C)CNc1cccc(OCC)c1. The maximum atomic E-state index is 11.4. The number of rotatable bonds is 7. The fourth-order valence-corrected chi connectivity index (χ4v) is 1.50. The normalized spacial score (nSPS) is 11.7. The topological polar surface area (TPSA) is 47.6 Å². The molecule has 0 amide bonds. The number of hydrogen-bond acceptors (Lipinski definition) is 4. The number of hydrogen-bond donors (Lipinski definition) is 1. The van der Waals surface area contributed by atoms with Gasteiger partial charge in [0, 0.05) is 18.3 Å².